The van der Waals surface area contributed by atoms with E-state index in [0.29, 0.717) is 12.6 Å². The molecule has 1 aliphatic rings. The largest absolute Gasteiger partial charge is 0.416 e. The van der Waals surface area contributed by atoms with Crippen LogP contribution >= 0.6 is 11.8 Å². The number of hydrogen-bond acceptors (Lipinski definition) is 4. The first kappa shape index (κ1) is 18.2. The SMILES string of the molecule is O=C(CSc1ccc(C(F)(F)F)cc1[N+](=O)[O-])N1CCc2ccccc21. The van der Waals surface area contributed by atoms with Crippen LogP contribution in [0.1, 0.15) is 11.1 Å². The number of nitrogens with zero attached hydrogens (tertiary/aromatic N) is 2. The van der Waals surface area contributed by atoms with Crippen molar-refractivity contribution in [1.29, 1.82) is 0 Å². The van der Waals surface area contributed by atoms with Gasteiger partial charge in [-0.05, 0) is 30.2 Å². The van der Waals surface area contributed by atoms with Gasteiger partial charge in [-0.2, -0.15) is 13.2 Å². The summed E-state index contributed by atoms with van der Waals surface area (Å²) in [6, 6.07) is 9.77. The normalized spacial score (nSPS) is 13.6. The van der Waals surface area contributed by atoms with Gasteiger partial charge in [0.05, 0.1) is 21.1 Å². The average molecular weight is 382 g/mol. The van der Waals surface area contributed by atoms with Crippen molar-refractivity contribution in [2.24, 2.45) is 0 Å². The van der Waals surface area contributed by atoms with Gasteiger partial charge in [-0.3, -0.25) is 14.9 Å². The zero-order chi connectivity index (χ0) is 18.9. The fourth-order valence-electron chi connectivity index (χ4n) is 2.77. The summed E-state index contributed by atoms with van der Waals surface area (Å²) >= 11 is 0.864. The molecule has 2 aromatic carbocycles. The lowest BCUT2D eigenvalue weighted by atomic mass is 10.2. The predicted molar refractivity (Wildman–Crippen MR) is 91.3 cm³/mol. The van der Waals surface area contributed by atoms with Crippen LogP contribution < -0.4 is 4.90 Å². The van der Waals surface area contributed by atoms with Gasteiger partial charge >= 0.3 is 6.18 Å². The molecule has 1 amide bonds. The number of carbonyl (C=O) groups excluding carboxylic acids is 1. The number of halogens is 3. The number of para-hydroxylation sites is 1. The number of anilines is 1. The Kier molecular flexibility index (Phi) is 4.90. The van der Waals surface area contributed by atoms with Gasteiger partial charge in [0.2, 0.25) is 5.91 Å². The Morgan fingerprint density at radius 2 is 1.96 bits per heavy atom. The number of nitro benzene ring substituents is 1. The van der Waals surface area contributed by atoms with E-state index in [2.05, 4.69) is 0 Å². The number of alkyl halides is 3. The molecule has 136 valence electrons. The van der Waals surface area contributed by atoms with Crippen molar-refractivity contribution < 1.29 is 22.9 Å². The van der Waals surface area contributed by atoms with Crippen LogP contribution in [0.4, 0.5) is 24.5 Å². The minimum Gasteiger partial charge on any atom is -0.311 e. The van der Waals surface area contributed by atoms with Crippen LogP contribution in [-0.4, -0.2) is 23.1 Å². The smallest absolute Gasteiger partial charge is 0.311 e. The van der Waals surface area contributed by atoms with E-state index in [0.717, 1.165) is 41.6 Å². The molecule has 0 atom stereocenters. The van der Waals surface area contributed by atoms with E-state index in [1.165, 1.54) is 0 Å². The first-order valence-corrected chi connectivity index (χ1v) is 8.62. The second kappa shape index (κ2) is 6.99. The topological polar surface area (TPSA) is 63.4 Å². The Bertz CT molecular complexity index is 871. The van der Waals surface area contributed by atoms with E-state index in [-0.39, 0.29) is 16.6 Å². The molecule has 0 saturated heterocycles. The molecular formula is C17H13F3N2O3S. The van der Waals surface area contributed by atoms with Gasteiger partial charge in [0.25, 0.3) is 5.69 Å². The number of hydrogen-bond donors (Lipinski definition) is 0. The average Bonchev–Trinajstić information content (AvgIpc) is 3.02. The third-order valence-electron chi connectivity index (χ3n) is 4.02. The van der Waals surface area contributed by atoms with Crippen molar-refractivity contribution in [1.82, 2.24) is 0 Å². The summed E-state index contributed by atoms with van der Waals surface area (Å²) in [5, 5.41) is 11.1. The van der Waals surface area contributed by atoms with E-state index in [1.54, 1.807) is 4.90 Å². The van der Waals surface area contributed by atoms with Crippen molar-refractivity contribution in [3.05, 3.63) is 63.7 Å². The molecule has 9 heteroatoms. The van der Waals surface area contributed by atoms with Crippen molar-refractivity contribution in [3.8, 4) is 0 Å². The van der Waals surface area contributed by atoms with Crippen molar-refractivity contribution in [2.45, 2.75) is 17.5 Å². The highest BCUT2D eigenvalue weighted by Crippen LogP contribution is 2.37. The molecule has 0 N–H and O–H groups in total. The van der Waals surface area contributed by atoms with Crippen molar-refractivity contribution in [3.63, 3.8) is 0 Å². The molecule has 0 bridgehead atoms. The van der Waals surface area contributed by atoms with Crippen LogP contribution in [0.2, 0.25) is 0 Å². The molecule has 26 heavy (non-hydrogen) atoms. The third kappa shape index (κ3) is 3.67. The highest BCUT2D eigenvalue weighted by Gasteiger charge is 2.33. The molecule has 0 spiro atoms. The molecule has 1 heterocycles. The highest BCUT2D eigenvalue weighted by molar-refractivity contribution is 8.00. The molecule has 0 radical (unpaired) electrons. The standard InChI is InChI=1S/C17H13F3N2O3S/c18-17(19,20)12-5-6-15(14(9-12)22(24)25)26-10-16(23)21-8-7-11-3-1-2-4-13(11)21/h1-6,9H,7-8,10H2. The number of nitro groups is 1. The summed E-state index contributed by atoms with van der Waals surface area (Å²) in [5.74, 6) is -0.338. The van der Waals surface area contributed by atoms with E-state index >= 15 is 0 Å². The van der Waals surface area contributed by atoms with Gasteiger partial charge in [0, 0.05) is 18.3 Å². The van der Waals surface area contributed by atoms with Crippen LogP contribution in [0.5, 0.6) is 0 Å². The van der Waals surface area contributed by atoms with E-state index < -0.39 is 22.4 Å². The van der Waals surface area contributed by atoms with Gasteiger partial charge in [0.15, 0.2) is 0 Å². The van der Waals surface area contributed by atoms with Crippen LogP contribution in [-0.2, 0) is 17.4 Å². The fraction of sp³-hybridized carbons (Fsp3) is 0.235. The minimum absolute atomic E-state index is 0.0313. The zero-order valence-corrected chi connectivity index (χ0v) is 14.1. The number of rotatable bonds is 4. The summed E-state index contributed by atoms with van der Waals surface area (Å²) in [4.78, 5) is 24.3. The van der Waals surface area contributed by atoms with Gasteiger partial charge in [-0.15, -0.1) is 11.8 Å². The number of benzene rings is 2. The van der Waals surface area contributed by atoms with Crippen LogP contribution in [0.3, 0.4) is 0 Å². The molecular weight excluding hydrogens is 369 g/mol. The Balaban J connectivity index is 1.76. The first-order chi connectivity index (χ1) is 12.3. The lowest BCUT2D eigenvalue weighted by Gasteiger charge is -2.17. The maximum absolute atomic E-state index is 12.7. The van der Waals surface area contributed by atoms with Gasteiger partial charge in [-0.1, -0.05) is 18.2 Å². The molecule has 0 aromatic heterocycles. The number of fused-ring (bicyclic) bond motifs is 1. The number of carbonyl (C=O) groups is 1. The summed E-state index contributed by atoms with van der Waals surface area (Å²) < 4.78 is 38.2. The zero-order valence-electron chi connectivity index (χ0n) is 13.3. The second-order valence-corrected chi connectivity index (χ2v) is 6.67. The fourth-order valence-corrected chi connectivity index (χ4v) is 3.65. The minimum atomic E-state index is -4.66. The van der Waals surface area contributed by atoms with Gasteiger partial charge in [-0.25, -0.2) is 0 Å². The Morgan fingerprint density at radius 1 is 1.23 bits per heavy atom. The number of thioether (sulfide) groups is 1. The molecule has 0 fully saturated rings. The second-order valence-electron chi connectivity index (χ2n) is 5.65. The van der Waals surface area contributed by atoms with Crippen LogP contribution in [0.25, 0.3) is 0 Å². The molecule has 0 saturated carbocycles. The summed E-state index contributed by atoms with van der Waals surface area (Å²) in [6.07, 6.45) is -3.93. The quantitative estimate of drug-likeness (QED) is 0.449. The van der Waals surface area contributed by atoms with Crippen molar-refractivity contribution >= 4 is 29.0 Å². The third-order valence-corrected chi connectivity index (χ3v) is 5.07. The molecule has 1 aliphatic heterocycles. The summed E-state index contributed by atoms with van der Waals surface area (Å²) in [5.41, 5.74) is 0.110. The van der Waals surface area contributed by atoms with Gasteiger partial charge in [0.1, 0.15) is 0 Å². The maximum atomic E-state index is 12.7. The monoisotopic (exact) mass is 382 g/mol. The van der Waals surface area contributed by atoms with E-state index in [9.17, 15) is 28.1 Å². The predicted octanol–water partition coefficient (Wildman–Crippen LogP) is 4.30. The summed E-state index contributed by atoms with van der Waals surface area (Å²) in [6.45, 7) is 0.522. The maximum Gasteiger partial charge on any atom is 0.416 e. The Morgan fingerprint density at radius 3 is 2.65 bits per heavy atom. The lowest BCUT2D eigenvalue weighted by molar-refractivity contribution is -0.388. The van der Waals surface area contributed by atoms with Gasteiger partial charge < -0.3 is 4.90 Å². The molecule has 2 aromatic rings. The number of amides is 1. The Labute approximate surface area is 151 Å². The van der Waals surface area contributed by atoms with E-state index in [1.807, 2.05) is 24.3 Å². The van der Waals surface area contributed by atoms with Crippen LogP contribution in [0.15, 0.2) is 47.4 Å². The lowest BCUT2D eigenvalue weighted by Crippen LogP contribution is -2.30. The Hall–Kier alpha value is -2.55. The summed E-state index contributed by atoms with van der Waals surface area (Å²) in [7, 11) is 0. The van der Waals surface area contributed by atoms with E-state index in [4.69, 9.17) is 0 Å². The van der Waals surface area contributed by atoms with Crippen LogP contribution in [0, 0.1) is 10.1 Å². The molecule has 0 aliphatic carbocycles. The molecule has 5 nitrogen and oxygen atoms in total. The first-order valence-electron chi connectivity index (χ1n) is 7.64. The molecule has 0 unspecified atom stereocenters. The van der Waals surface area contributed by atoms with Crippen molar-refractivity contribution in [2.75, 3.05) is 17.2 Å². The highest BCUT2D eigenvalue weighted by atomic mass is 32.2. The molecule has 3 rings (SSSR count).